The number of anilines is 1. The number of nitrogens with zero attached hydrogens (tertiary/aromatic N) is 3. The SMILES string of the molecule is Cc1cc2ccccc2nc1NCCCCn1ccnc1. The van der Waals surface area contributed by atoms with Crippen molar-refractivity contribution in [2.45, 2.75) is 26.3 Å². The molecule has 0 bridgehead atoms. The summed E-state index contributed by atoms with van der Waals surface area (Å²) in [6.07, 6.45) is 7.94. The van der Waals surface area contributed by atoms with Crippen molar-refractivity contribution in [2.24, 2.45) is 0 Å². The molecule has 0 aliphatic heterocycles. The Kier molecular flexibility index (Phi) is 4.15. The van der Waals surface area contributed by atoms with Crippen LogP contribution in [0.2, 0.25) is 0 Å². The molecule has 2 heterocycles. The third kappa shape index (κ3) is 3.40. The smallest absolute Gasteiger partial charge is 0.129 e. The minimum Gasteiger partial charge on any atom is -0.370 e. The maximum absolute atomic E-state index is 4.70. The van der Waals surface area contributed by atoms with E-state index in [0.29, 0.717) is 0 Å². The van der Waals surface area contributed by atoms with Crippen molar-refractivity contribution in [1.82, 2.24) is 14.5 Å². The van der Waals surface area contributed by atoms with Crippen LogP contribution in [-0.4, -0.2) is 21.1 Å². The van der Waals surface area contributed by atoms with Crippen molar-refractivity contribution >= 4 is 16.7 Å². The molecule has 21 heavy (non-hydrogen) atoms. The summed E-state index contributed by atoms with van der Waals surface area (Å²) < 4.78 is 2.11. The van der Waals surface area contributed by atoms with Crippen molar-refractivity contribution in [3.05, 3.63) is 54.6 Å². The van der Waals surface area contributed by atoms with Crippen LogP contribution in [0.4, 0.5) is 5.82 Å². The minimum absolute atomic E-state index is 0.945. The van der Waals surface area contributed by atoms with Crippen LogP contribution < -0.4 is 5.32 Å². The van der Waals surface area contributed by atoms with Crippen LogP contribution in [0, 0.1) is 6.92 Å². The van der Waals surface area contributed by atoms with Gasteiger partial charge in [-0.15, -0.1) is 0 Å². The number of benzene rings is 1. The van der Waals surface area contributed by atoms with E-state index in [1.54, 1.807) is 0 Å². The van der Waals surface area contributed by atoms with E-state index in [0.717, 1.165) is 37.3 Å². The summed E-state index contributed by atoms with van der Waals surface area (Å²) >= 11 is 0. The molecule has 0 amide bonds. The van der Waals surface area contributed by atoms with E-state index in [2.05, 4.69) is 40.0 Å². The molecule has 4 nitrogen and oxygen atoms in total. The zero-order valence-corrected chi connectivity index (χ0v) is 12.3. The van der Waals surface area contributed by atoms with Crippen molar-refractivity contribution in [1.29, 1.82) is 0 Å². The van der Waals surface area contributed by atoms with Gasteiger partial charge in [0.2, 0.25) is 0 Å². The summed E-state index contributed by atoms with van der Waals surface area (Å²) in [6, 6.07) is 10.4. The molecule has 0 radical (unpaired) electrons. The van der Waals surface area contributed by atoms with Gasteiger partial charge in [-0.05, 0) is 37.5 Å². The van der Waals surface area contributed by atoms with Gasteiger partial charge in [-0.25, -0.2) is 9.97 Å². The highest BCUT2D eigenvalue weighted by Crippen LogP contribution is 2.19. The molecule has 0 aliphatic carbocycles. The molecule has 1 N–H and O–H groups in total. The third-order valence-corrected chi connectivity index (χ3v) is 3.61. The molecule has 2 aromatic heterocycles. The number of aryl methyl sites for hydroxylation is 2. The van der Waals surface area contributed by atoms with E-state index in [-0.39, 0.29) is 0 Å². The van der Waals surface area contributed by atoms with Gasteiger partial charge in [0, 0.05) is 30.9 Å². The number of imidazole rings is 1. The lowest BCUT2D eigenvalue weighted by Crippen LogP contribution is -2.06. The predicted octanol–water partition coefficient (Wildman–Crippen LogP) is 3.63. The molecular formula is C17H20N4. The number of hydrogen-bond donors (Lipinski definition) is 1. The average Bonchev–Trinajstić information content (AvgIpc) is 3.00. The normalized spacial score (nSPS) is 10.9. The van der Waals surface area contributed by atoms with E-state index < -0.39 is 0 Å². The second-order valence-electron chi connectivity index (χ2n) is 5.28. The summed E-state index contributed by atoms with van der Waals surface area (Å²) in [5.74, 6) is 0.997. The van der Waals surface area contributed by atoms with Gasteiger partial charge in [-0.1, -0.05) is 18.2 Å². The Bertz CT molecular complexity index is 704. The van der Waals surface area contributed by atoms with Crippen molar-refractivity contribution < 1.29 is 0 Å². The number of hydrogen-bond acceptors (Lipinski definition) is 3. The maximum Gasteiger partial charge on any atom is 0.129 e. The Hall–Kier alpha value is -2.36. The number of pyridine rings is 1. The largest absolute Gasteiger partial charge is 0.370 e. The molecular weight excluding hydrogens is 260 g/mol. The van der Waals surface area contributed by atoms with Gasteiger partial charge >= 0.3 is 0 Å². The van der Waals surface area contributed by atoms with Gasteiger partial charge in [0.05, 0.1) is 11.8 Å². The van der Waals surface area contributed by atoms with Crippen LogP contribution in [0.3, 0.4) is 0 Å². The standard InChI is InChI=1S/C17H20N4/c1-14-12-15-6-2-3-7-16(15)20-17(14)19-8-4-5-10-21-11-9-18-13-21/h2-3,6-7,9,11-13H,4-5,8,10H2,1H3,(H,19,20). The molecule has 3 rings (SSSR count). The van der Waals surface area contributed by atoms with E-state index in [4.69, 9.17) is 4.98 Å². The summed E-state index contributed by atoms with van der Waals surface area (Å²) in [4.78, 5) is 8.74. The molecule has 0 fully saturated rings. The lowest BCUT2D eigenvalue weighted by atomic mass is 10.1. The second kappa shape index (κ2) is 6.39. The lowest BCUT2D eigenvalue weighted by Gasteiger charge is -2.10. The summed E-state index contributed by atoms with van der Waals surface area (Å²) in [5, 5.41) is 4.64. The van der Waals surface area contributed by atoms with E-state index in [1.807, 2.05) is 30.9 Å². The summed E-state index contributed by atoms with van der Waals surface area (Å²) in [6.45, 7) is 4.07. The molecule has 0 unspecified atom stereocenters. The minimum atomic E-state index is 0.945. The number of aromatic nitrogens is 3. The van der Waals surface area contributed by atoms with Gasteiger partial charge in [0.1, 0.15) is 5.82 Å². The zero-order valence-electron chi connectivity index (χ0n) is 12.3. The first-order valence-corrected chi connectivity index (χ1v) is 7.39. The van der Waals surface area contributed by atoms with Gasteiger partial charge in [-0.2, -0.15) is 0 Å². The van der Waals surface area contributed by atoms with Crippen molar-refractivity contribution in [3.63, 3.8) is 0 Å². The highest BCUT2D eigenvalue weighted by atomic mass is 15.0. The van der Waals surface area contributed by atoms with E-state index in [9.17, 15) is 0 Å². The van der Waals surface area contributed by atoms with Crippen LogP contribution >= 0.6 is 0 Å². The fourth-order valence-corrected chi connectivity index (χ4v) is 2.45. The molecule has 0 aliphatic rings. The molecule has 4 heteroatoms. The fourth-order valence-electron chi connectivity index (χ4n) is 2.45. The van der Waals surface area contributed by atoms with Crippen LogP contribution in [0.5, 0.6) is 0 Å². The highest BCUT2D eigenvalue weighted by Gasteiger charge is 2.02. The van der Waals surface area contributed by atoms with Gasteiger partial charge in [0.25, 0.3) is 0 Å². The fraction of sp³-hybridized carbons (Fsp3) is 0.294. The average molecular weight is 280 g/mol. The van der Waals surface area contributed by atoms with Crippen LogP contribution in [0.1, 0.15) is 18.4 Å². The van der Waals surface area contributed by atoms with Crippen molar-refractivity contribution in [2.75, 3.05) is 11.9 Å². The zero-order chi connectivity index (χ0) is 14.5. The van der Waals surface area contributed by atoms with E-state index >= 15 is 0 Å². The Morgan fingerprint density at radius 2 is 2.10 bits per heavy atom. The Morgan fingerprint density at radius 3 is 2.95 bits per heavy atom. The van der Waals surface area contributed by atoms with Gasteiger partial charge in [-0.3, -0.25) is 0 Å². The first kappa shape index (κ1) is 13.6. The topological polar surface area (TPSA) is 42.7 Å². The molecule has 0 saturated carbocycles. The summed E-state index contributed by atoms with van der Waals surface area (Å²) in [7, 11) is 0. The highest BCUT2D eigenvalue weighted by molar-refractivity contribution is 5.81. The first-order chi connectivity index (χ1) is 10.3. The van der Waals surface area contributed by atoms with Crippen LogP contribution in [0.25, 0.3) is 10.9 Å². The molecule has 1 aromatic carbocycles. The Balaban J connectivity index is 1.54. The predicted molar refractivity (Wildman–Crippen MR) is 86.4 cm³/mol. The van der Waals surface area contributed by atoms with Crippen LogP contribution in [0.15, 0.2) is 49.1 Å². The first-order valence-electron chi connectivity index (χ1n) is 7.39. The van der Waals surface area contributed by atoms with Crippen LogP contribution in [-0.2, 0) is 6.54 Å². The van der Waals surface area contributed by atoms with Gasteiger partial charge in [0.15, 0.2) is 0 Å². The quantitative estimate of drug-likeness (QED) is 0.701. The number of rotatable bonds is 6. The van der Waals surface area contributed by atoms with Gasteiger partial charge < -0.3 is 9.88 Å². The van der Waals surface area contributed by atoms with E-state index in [1.165, 1.54) is 10.9 Å². The second-order valence-corrected chi connectivity index (χ2v) is 5.28. The number of para-hydroxylation sites is 1. The third-order valence-electron chi connectivity index (χ3n) is 3.61. The lowest BCUT2D eigenvalue weighted by molar-refractivity contribution is 0.620. The number of nitrogens with one attached hydrogen (secondary N) is 1. The molecule has 0 saturated heterocycles. The maximum atomic E-state index is 4.70. The monoisotopic (exact) mass is 280 g/mol. The molecule has 3 aromatic rings. The Labute approximate surface area is 124 Å². The Morgan fingerprint density at radius 1 is 1.19 bits per heavy atom. The molecule has 0 atom stereocenters. The summed E-state index contributed by atoms with van der Waals surface area (Å²) in [5.41, 5.74) is 2.24. The molecule has 0 spiro atoms. The number of unbranched alkanes of at least 4 members (excludes halogenated alkanes) is 1. The van der Waals surface area contributed by atoms with Crippen molar-refractivity contribution in [3.8, 4) is 0 Å². The number of fused-ring (bicyclic) bond motifs is 1. The molecule has 108 valence electrons.